The molecule has 0 radical (unpaired) electrons. The van der Waals surface area contributed by atoms with Gasteiger partial charge in [-0.05, 0) is 45.9 Å². The Bertz CT molecular complexity index is 1260. The van der Waals surface area contributed by atoms with E-state index in [2.05, 4.69) is 20.6 Å². The first-order chi connectivity index (χ1) is 16.1. The molecule has 0 bridgehead atoms. The van der Waals surface area contributed by atoms with Gasteiger partial charge in [0.05, 0.1) is 38.4 Å². The normalized spacial score (nSPS) is 21.0. The highest BCUT2D eigenvalue weighted by atomic mass is 35.5. The molecule has 0 saturated carbocycles. The van der Waals surface area contributed by atoms with E-state index >= 15 is 0 Å². The van der Waals surface area contributed by atoms with Gasteiger partial charge in [0.2, 0.25) is 16.0 Å². The van der Waals surface area contributed by atoms with E-state index in [1.165, 1.54) is 18.4 Å². The van der Waals surface area contributed by atoms with Gasteiger partial charge in [0, 0.05) is 13.6 Å². The van der Waals surface area contributed by atoms with Crippen LogP contribution in [0.2, 0.25) is 5.02 Å². The van der Waals surface area contributed by atoms with E-state index in [0.717, 1.165) is 4.31 Å². The van der Waals surface area contributed by atoms with Crippen molar-refractivity contribution in [1.29, 1.82) is 0 Å². The Morgan fingerprint density at radius 2 is 2.06 bits per heavy atom. The number of guanidine groups is 1. The summed E-state index contributed by atoms with van der Waals surface area (Å²) in [6.07, 6.45) is -0.928. The van der Waals surface area contributed by atoms with Crippen molar-refractivity contribution < 1.29 is 27.9 Å². The van der Waals surface area contributed by atoms with Crippen LogP contribution in [0.3, 0.4) is 0 Å². The number of halogens is 1. The van der Waals surface area contributed by atoms with Crippen LogP contribution in [0.15, 0.2) is 23.2 Å². The smallest absolute Gasteiger partial charge is 0.437 e. The maximum Gasteiger partial charge on any atom is 0.437 e. The van der Waals surface area contributed by atoms with Gasteiger partial charge in [0.25, 0.3) is 5.91 Å². The predicted octanol–water partition coefficient (Wildman–Crippen LogP) is 2.49. The number of rotatable bonds is 5. The molecule has 2 aromatic heterocycles. The van der Waals surface area contributed by atoms with Gasteiger partial charge < -0.3 is 25.5 Å². The average molecular weight is 546 g/mol. The number of ether oxygens (including phenoxy) is 1. The summed E-state index contributed by atoms with van der Waals surface area (Å²) in [5.41, 5.74) is -1.08. The van der Waals surface area contributed by atoms with E-state index in [-0.39, 0.29) is 30.8 Å². The maximum atomic E-state index is 12.9. The molecule has 1 aliphatic rings. The molecule has 4 N–H and O–H groups in total. The summed E-state index contributed by atoms with van der Waals surface area (Å²) >= 11 is 7.78. The fourth-order valence-electron chi connectivity index (χ4n) is 3.36. The van der Waals surface area contributed by atoms with Crippen molar-refractivity contribution in [3.05, 3.63) is 33.8 Å². The number of aliphatic imine (C=N–C) groups is 1. The van der Waals surface area contributed by atoms with Crippen molar-refractivity contribution in [2.75, 3.05) is 26.0 Å². The van der Waals surface area contributed by atoms with Crippen LogP contribution in [-0.4, -0.2) is 72.3 Å². The van der Waals surface area contributed by atoms with Gasteiger partial charge in [0.1, 0.15) is 11.3 Å². The number of hydrogen-bond acceptors (Lipinski definition) is 7. The van der Waals surface area contributed by atoms with Gasteiger partial charge in [-0.2, -0.15) is 0 Å². The van der Waals surface area contributed by atoms with Crippen molar-refractivity contribution in [3.63, 3.8) is 0 Å². The SMILES string of the molecule is CN1/C(=N/C(=O)OC(C)(C)C)N[C@](C)(c2sc(-c3ccc(C(=O)NCCO)[nH]3)cc2Cl)CS1(=O)=O. The quantitative estimate of drug-likeness (QED) is 0.450. The minimum absolute atomic E-state index is 0.127. The van der Waals surface area contributed by atoms with Gasteiger partial charge in [-0.3, -0.25) is 4.79 Å². The summed E-state index contributed by atoms with van der Waals surface area (Å²) in [6, 6.07) is 4.97. The first-order valence-corrected chi connectivity index (χ1v) is 13.4. The number of carbonyl (C=O) groups excluding carboxylic acids is 2. The van der Waals surface area contributed by atoms with Gasteiger partial charge in [-0.1, -0.05) is 11.6 Å². The van der Waals surface area contributed by atoms with E-state index in [1.54, 1.807) is 45.9 Å². The van der Waals surface area contributed by atoms with Crippen molar-refractivity contribution in [3.8, 4) is 10.6 Å². The molecule has 192 valence electrons. The fraction of sp³-hybridized carbons (Fsp3) is 0.476. The predicted molar refractivity (Wildman–Crippen MR) is 134 cm³/mol. The lowest BCUT2D eigenvalue weighted by molar-refractivity contribution is 0.0601. The van der Waals surface area contributed by atoms with Crippen LogP contribution in [-0.2, 0) is 20.3 Å². The molecular formula is C21H28ClN5O6S2. The lowest BCUT2D eigenvalue weighted by Gasteiger charge is -2.39. The Morgan fingerprint density at radius 3 is 2.69 bits per heavy atom. The van der Waals surface area contributed by atoms with E-state index in [9.17, 15) is 18.0 Å². The molecule has 1 aliphatic heterocycles. The second-order valence-corrected chi connectivity index (χ2v) is 12.6. The number of thiophene rings is 1. The molecule has 14 heteroatoms. The zero-order valence-corrected chi connectivity index (χ0v) is 22.3. The third kappa shape index (κ3) is 6.15. The number of amides is 2. The van der Waals surface area contributed by atoms with Crippen LogP contribution in [0, 0.1) is 0 Å². The Kier molecular flexibility index (Phi) is 7.56. The van der Waals surface area contributed by atoms with Crippen LogP contribution >= 0.6 is 22.9 Å². The molecule has 0 unspecified atom stereocenters. The monoisotopic (exact) mass is 545 g/mol. The van der Waals surface area contributed by atoms with Crippen molar-refractivity contribution in [2.24, 2.45) is 4.99 Å². The first kappa shape index (κ1) is 27.0. The number of aromatic nitrogens is 1. The number of nitrogens with one attached hydrogen (secondary N) is 3. The third-order valence-corrected chi connectivity index (χ3v) is 8.74. The Morgan fingerprint density at radius 1 is 1.37 bits per heavy atom. The molecule has 1 atom stereocenters. The Labute approximate surface area is 212 Å². The minimum atomic E-state index is -3.84. The van der Waals surface area contributed by atoms with Gasteiger partial charge in [-0.25, -0.2) is 17.5 Å². The van der Waals surface area contributed by atoms with E-state index in [0.29, 0.717) is 26.2 Å². The largest absolute Gasteiger partial charge is 0.442 e. The molecule has 3 heterocycles. The third-order valence-electron chi connectivity index (χ3n) is 4.95. The van der Waals surface area contributed by atoms with Crippen LogP contribution in [0.4, 0.5) is 4.79 Å². The van der Waals surface area contributed by atoms with E-state index in [1.807, 2.05) is 0 Å². The molecule has 0 aromatic carbocycles. The number of hydrogen-bond donors (Lipinski definition) is 4. The van der Waals surface area contributed by atoms with Gasteiger partial charge in [0.15, 0.2) is 0 Å². The number of aliphatic hydroxyl groups is 1. The summed E-state index contributed by atoms with van der Waals surface area (Å²) in [5, 5.41) is 14.8. The molecular weight excluding hydrogens is 518 g/mol. The van der Waals surface area contributed by atoms with Crippen LogP contribution in [0.25, 0.3) is 10.6 Å². The lowest BCUT2D eigenvalue weighted by atomic mass is 10.0. The van der Waals surface area contributed by atoms with E-state index < -0.39 is 27.3 Å². The highest BCUT2D eigenvalue weighted by Gasteiger charge is 2.45. The second kappa shape index (κ2) is 9.80. The van der Waals surface area contributed by atoms with Crippen LogP contribution < -0.4 is 10.6 Å². The van der Waals surface area contributed by atoms with E-state index in [4.69, 9.17) is 21.4 Å². The maximum absolute atomic E-state index is 12.9. The minimum Gasteiger partial charge on any atom is -0.442 e. The number of nitrogens with zero attached hydrogens (tertiary/aromatic N) is 2. The average Bonchev–Trinajstić information content (AvgIpc) is 3.35. The number of aliphatic hydroxyl groups excluding tert-OH is 1. The Hall–Kier alpha value is -2.61. The molecule has 11 nitrogen and oxygen atoms in total. The second-order valence-electron chi connectivity index (χ2n) is 9.15. The van der Waals surface area contributed by atoms with Gasteiger partial charge >= 0.3 is 6.09 Å². The van der Waals surface area contributed by atoms with Crippen molar-refractivity contribution >= 4 is 50.9 Å². The highest BCUT2D eigenvalue weighted by Crippen LogP contribution is 2.42. The number of sulfonamides is 1. The zero-order valence-electron chi connectivity index (χ0n) is 19.9. The molecule has 3 rings (SSSR count). The first-order valence-electron chi connectivity index (χ1n) is 10.6. The number of carbonyl (C=O) groups is 2. The molecule has 0 spiro atoms. The molecule has 1 saturated heterocycles. The molecule has 35 heavy (non-hydrogen) atoms. The lowest BCUT2D eigenvalue weighted by Crippen LogP contribution is -2.61. The molecule has 2 amide bonds. The highest BCUT2D eigenvalue weighted by molar-refractivity contribution is 7.89. The zero-order chi connectivity index (χ0) is 26.2. The van der Waals surface area contributed by atoms with Gasteiger partial charge in [-0.15, -0.1) is 16.3 Å². The van der Waals surface area contributed by atoms with Crippen LogP contribution in [0.1, 0.15) is 43.1 Å². The standard InChI is InChI=1S/C21H28ClN5O6S2/c1-20(2,3)33-19(30)25-18-26-21(4,11-35(31,32)27(18)5)16-12(22)10-15(34-16)13-6-7-14(24-13)17(29)23-8-9-28/h6-7,10,24,28H,8-9,11H2,1-5H3,(H,23,29)(H,25,26,30)/t21-/m0/s1. The van der Waals surface area contributed by atoms with Crippen molar-refractivity contribution in [1.82, 2.24) is 19.9 Å². The Balaban J connectivity index is 1.94. The molecule has 2 aromatic rings. The summed E-state index contributed by atoms with van der Waals surface area (Å²) in [4.78, 5) is 32.4. The summed E-state index contributed by atoms with van der Waals surface area (Å²) in [7, 11) is -2.54. The summed E-state index contributed by atoms with van der Waals surface area (Å²) in [6.45, 7) is 6.65. The fourth-order valence-corrected chi connectivity index (χ4v) is 6.57. The summed E-state index contributed by atoms with van der Waals surface area (Å²) in [5.74, 6) is -0.879. The molecule has 0 aliphatic carbocycles. The topological polar surface area (TPSA) is 153 Å². The number of H-pyrrole nitrogens is 1. The van der Waals surface area contributed by atoms with Crippen LogP contribution in [0.5, 0.6) is 0 Å². The summed E-state index contributed by atoms with van der Waals surface area (Å²) < 4.78 is 32.0. The molecule has 1 fully saturated rings. The number of aromatic amines is 1. The van der Waals surface area contributed by atoms with Crippen molar-refractivity contribution in [2.45, 2.75) is 38.8 Å².